The third-order valence-corrected chi connectivity index (χ3v) is 4.78. The van der Waals surface area contributed by atoms with Gasteiger partial charge in [0.1, 0.15) is 12.5 Å². The van der Waals surface area contributed by atoms with Crippen molar-refractivity contribution >= 4 is 6.02 Å². The van der Waals surface area contributed by atoms with E-state index in [0.717, 1.165) is 38.0 Å². The number of nitrogens with one attached hydrogen (secondary N) is 1. The monoisotopic (exact) mass is 339 g/mol. The highest BCUT2D eigenvalue weighted by Crippen LogP contribution is 2.35. The van der Waals surface area contributed by atoms with E-state index in [1.54, 1.807) is 0 Å². The average molecular weight is 339 g/mol. The van der Waals surface area contributed by atoms with E-state index in [-0.39, 0.29) is 11.9 Å². The molecule has 0 spiro atoms. The highest BCUT2D eigenvalue weighted by molar-refractivity contribution is 5.75. The van der Waals surface area contributed by atoms with Crippen molar-refractivity contribution in [3.63, 3.8) is 0 Å². The molecule has 0 saturated heterocycles. The van der Waals surface area contributed by atoms with Crippen molar-refractivity contribution in [2.75, 3.05) is 26.4 Å². The number of nitrogens with zero attached hydrogens (tertiary/aromatic N) is 2. The SMILES string of the molecule is Fc1ccc([C@H]2c3ccccc3CCN2C2=NCCCNCO2)cc1. The fourth-order valence-electron chi connectivity index (χ4n) is 3.56. The molecular formula is C20H22FN3O. The molecule has 2 aliphatic rings. The molecule has 130 valence electrons. The Kier molecular flexibility index (Phi) is 4.65. The van der Waals surface area contributed by atoms with Crippen LogP contribution in [0.4, 0.5) is 4.39 Å². The Labute approximate surface area is 147 Å². The Morgan fingerprint density at radius 1 is 1.12 bits per heavy atom. The molecule has 0 unspecified atom stereocenters. The summed E-state index contributed by atoms with van der Waals surface area (Å²) >= 11 is 0. The minimum absolute atomic E-state index is 0.0104. The molecule has 4 rings (SSSR count). The first-order chi connectivity index (χ1) is 12.3. The molecule has 0 radical (unpaired) electrons. The van der Waals surface area contributed by atoms with Gasteiger partial charge in [0.05, 0.1) is 6.04 Å². The Hall–Kier alpha value is -2.40. The standard InChI is InChI=1S/C20H22FN3O/c21-17-8-6-16(7-9-17)19-18-5-2-1-4-15(18)10-13-24(19)20-23-12-3-11-22-14-25-20/h1-2,4-9,19,22H,3,10-14H2/t19-/m0/s1. The first-order valence-electron chi connectivity index (χ1n) is 8.81. The number of fused-ring (bicyclic) bond motifs is 1. The number of halogens is 1. The summed E-state index contributed by atoms with van der Waals surface area (Å²) in [7, 11) is 0. The van der Waals surface area contributed by atoms with Gasteiger partial charge in [-0.1, -0.05) is 36.4 Å². The molecule has 2 aliphatic heterocycles. The Morgan fingerprint density at radius 2 is 1.96 bits per heavy atom. The van der Waals surface area contributed by atoms with Gasteiger partial charge in [0.25, 0.3) is 6.02 Å². The number of rotatable bonds is 1. The number of hydrogen-bond donors (Lipinski definition) is 1. The van der Waals surface area contributed by atoms with Gasteiger partial charge in [-0.05, 0) is 48.2 Å². The van der Waals surface area contributed by atoms with E-state index in [4.69, 9.17) is 4.74 Å². The van der Waals surface area contributed by atoms with Crippen molar-refractivity contribution in [1.29, 1.82) is 0 Å². The maximum absolute atomic E-state index is 13.4. The van der Waals surface area contributed by atoms with Gasteiger partial charge in [-0.15, -0.1) is 0 Å². The third-order valence-electron chi connectivity index (χ3n) is 4.78. The van der Waals surface area contributed by atoms with E-state index < -0.39 is 0 Å². The fourth-order valence-corrected chi connectivity index (χ4v) is 3.56. The molecule has 0 amide bonds. The van der Waals surface area contributed by atoms with Crippen LogP contribution in [0.2, 0.25) is 0 Å². The summed E-state index contributed by atoms with van der Waals surface area (Å²) < 4.78 is 19.3. The molecule has 0 fully saturated rings. The number of hydrogen-bond acceptors (Lipinski definition) is 4. The zero-order valence-electron chi connectivity index (χ0n) is 14.1. The van der Waals surface area contributed by atoms with Crippen LogP contribution in [-0.4, -0.2) is 37.3 Å². The predicted molar refractivity (Wildman–Crippen MR) is 96.0 cm³/mol. The minimum Gasteiger partial charge on any atom is -0.449 e. The Morgan fingerprint density at radius 3 is 2.84 bits per heavy atom. The van der Waals surface area contributed by atoms with Crippen molar-refractivity contribution in [1.82, 2.24) is 10.2 Å². The number of aliphatic imine (C=N–C) groups is 1. The second-order valence-electron chi connectivity index (χ2n) is 6.40. The number of ether oxygens (including phenoxy) is 1. The fraction of sp³-hybridized carbons (Fsp3) is 0.350. The molecule has 25 heavy (non-hydrogen) atoms. The Balaban J connectivity index is 1.75. The predicted octanol–water partition coefficient (Wildman–Crippen LogP) is 3.10. The van der Waals surface area contributed by atoms with Gasteiger partial charge < -0.3 is 9.64 Å². The number of amidine groups is 1. The van der Waals surface area contributed by atoms with Crippen molar-refractivity contribution in [2.24, 2.45) is 4.99 Å². The highest BCUT2D eigenvalue weighted by Gasteiger charge is 2.32. The molecule has 0 aromatic heterocycles. The molecule has 0 aliphatic carbocycles. The lowest BCUT2D eigenvalue weighted by atomic mass is 9.88. The van der Waals surface area contributed by atoms with Gasteiger partial charge >= 0.3 is 0 Å². The molecule has 0 bridgehead atoms. The summed E-state index contributed by atoms with van der Waals surface area (Å²) in [6.45, 7) is 2.96. The first-order valence-corrected chi connectivity index (χ1v) is 8.81. The molecule has 2 aromatic carbocycles. The van der Waals surface area contributed by atoms with Crippen molar-refractivity contribution in [3.05, 3.63) is 71.0 Å². The zero-order valence-corrected chi connectivity index (χ0v) is 14.1. The Bertz CT molecular complexity index is 760. The van der Waals surface area contributed by atoms with Gasteiger partial charge in [0.15, 0.2) is 0 Å². The number of benzene rings is 2. The summed E-state index contributed by atoms with van der Waals surface area (Å²) in [5.74, 6) is -0.219. The van der Waals surface area contributed by atoms with E-state index in [9.17, 15) is 4.39 Å². The molecule has 4 nitrogen and oxygen atoms in total. The maximum Gasteiger partial charge on any atom is 0.289 e. The van der Waals surface area contributed by atoms with Gasteiger partial charge in [0.2, 0.25) is 0 Å². The summed E-state index contributed by atoms with van der Waals surface area (Å²) in [5, 5.41) is 3.26. The van der Waals surface area contributed by atoms with Crippen LogP contribution in [0.3, 0.4) is 0 Å². The van der Waals surface area contributed by atoms with E-state index in [1.807, 2.05) is 12.1 Å². The highest BCUT2D eigenvalue weighted by atomic mass is 19.1. The summed E-state index contributed by atoms with van der Waals surface area (Å²) in [5.41, 5.74) is 3.62. The second-order valence-corrected chi connectivity index (χ2v) is 6.40. The van der Waals surface area contributed by atoms with Crippen LogP contribution >= 0.6 is 0 Å². The molecule has 2 aromatic rings. The van der Waals surface area contributed by atoms with Gasteiger partial charge in [-0.3, -0.25) is 5.32 Å². The van der Waals surface area contributed by atoms with Crippen molar-refractivity contribution < 1.29 is 9.13 Å². The summed E-state index contributed by atoms with van der Waals surface area (Å²) in [6.07, 6.45) is 1.95. The normalized spacial score (nSPS) is 20.8. The topological polar surface area (TPSA) is 36.9 Å². The average Bonchev–Trinajstić information content (AvgIpc) is 2.62. The van der Waals surface area contributed by atoms with E-state index in [1.165, 1.54) is 23.3 Å². The van der Waals surface area contributed by atoms with E-state index >= 15 is 0 Å². The molecule has 1 atom stereocenters. The molecule has 5 heteroatoms. The lowest BCUT2D eigenvalue weighted by molar-refractivity contribution is 0.184. The van der Waals surface area contributed by atoms with Crippen LogP contribution in [0.15, 0.2) is 53.5 Å². The smallest absolute Gasteiger partial charge is 0.289 e. The molecule has 0 saturated carbocycles. The molecule has 2 heterocycles. The summed E-state index contributed by atoms with van der Waals surface area (Å²) in [4.78, 5) is 6.89. The van der Waals surface area contributed by atoms with Gasteiger partial charge in [-0.2, -0.15) is 0 Å². The van der Waals surface area contributed by atoms with Gasteiger partial charge in [-0.25, -0.2) is 9.38 Å². The zero-order chi connectivity index (χ0) is 17.1. The summed E-state index contributed by atoms with van der Waals surface area (Å²) in [6, 6.07) is 15.9. The minimum atomic E-state index is -0.219. The third kappa shape index (κ3) is 3.37. The quantitative estimate of drug-likeness (QED) is 0.867. The molecular weight excluding hydrogens is 317 g/mol. The van der Waals surface area contributed by atoms with Crippen LogP contribution in [0.25, 0.3) is 0 Å². The van der Waals surface area contributed by atoms with Crippen LogP contribution in [-0.2, 0) is 11.2 Å². The van der Waals surface area contributed by atoms with Crippen LogP contribution in [0, 0.1) is 5.82 Å². The first kappa shape index (κ1) is 16.1. The van der Waals surface area contributed by atoms with E-state index in [0.29, 0.717) is 12.8 Å². The molecule has 1 N–H and O–H groups in total. The van der Waals surface area contributed by atoms with Crippen molar-refractivity contribution in [2.45, 2.75) is 18.9 Å². The van der Waals surface area contributed by atoms with Gasteiger partial charge in [0, 0.05) is 13.1 Å². The largest absolute Gasteiger partial charge is 0.449 e. The van der Waals surface area contributed by atoms with Crippen molar-refractivity contribution in [3.8, 4) is 0 Å². The second kappa shape index (κ2) is 7.23. The maximum atomic E-state index is 13.4. The van der Waals surface area contributed by atoms with Crippen LogP contribution < -0.4 is 5.32 Å². The lowest BCUT2D eigenvalue weighted by Gasteiger charge is -2.39. The van der Waals surface area contributed by atoms with Crippen LogP contribution in [0.1, 0.15) is 29.2 Å². The van der Waals surface area contributed by atoms with E-state index in [2.05, 4.69) is 39.5 Å². The lowest BCUT2D eigenvalue weighted by Crippen LogP contribution is -2.43. The van der Waals surface area contributed by atoms with Crippen LogP contribution in [0.5, 0.6) is 0 Å².